The molecule has 0 saturated carbocycles. The van der Waals surface area contributed by atoms with Crippen LogP contribution in [-0.4, -0.2) is 32.3 Å². The number of ether oxygens (including phenoxy) is 1. The quantitative estimate of drug-likeness (QED) is 0.244. The molecule has 9 heteroatoms. The number of sulfonamides is 1. The van der Waals surface area contributed by atoms with Gasteiger partial charge in [-0.3, -0.25) is 9.52 Å². The molecule has 4 aromatic carbocycles. The van der Waals surface area contributed by atoms with Crippen molar-refractivity contribution < 1.29 is 17.9 Å². The van der Waals surface area contributed by atoms with Crippen molar-refractivity contribution in [1.82, 2.24) is 4.90 Å². The third-order valence-corrected chi connectivity index (χ3v) is 8.56. The first kappa shape index (κ1) is 27.1. The highest BCUT2D eigenvalue weighted by molar-refractivity contribution is 7.92. The monoisotopic (exact) mass is 580 g/mol. The van der Waals surface area contributed by atoms with Crippen LogP contribution >= 0.6 is 23.2 Å². The molecule has 39 heavy (non-hydrogen) atoms. The van der Waals surface area contributed by atoms with E-state index in [2.05, 4.69) is 16.9 Å². The summed E-state index contributed by atoms with van der Waals surface area (Å²) in [6.07, 6.45) is 1.84. The number of likely N-dealkylation sites (tertiary alicyclic amines) is 1. The molecule has 0 aromatic heterocycles. The van der Waals surface area contributed by atoms with Crippen LogP contribution < -0.4 is 9.46 Å². The molecule has 1 fully saturated rings. The molecule has 1 N–H and O–H groups in total. The minimum atomic E-state index is -4.01. The number of carbonyl (C=O) groups excluding carboxylic acids is 1. The van der Waals surface area contributed by atoms with Gasteiger partial charge in [-0.2, -0.15) is 0 Å². The van der Waals surface area contributed by atoms with Crippen molar-refractivity contribution in [1.29, 1.82) is 0 Å². The minimum absolute atomic E-state index is 0.0180. The van der Waals surface area contributed by atoms with E-state index in [4.69, 9.17) is 27.9 Å². The lowest BCUT2D eigenvalue weighted by Gasteiger charge is -2.33. The number of para-hydroxylation sites is 1. The number of rotatable bonds is 7. The maximum absolute atomic E-state index is 13.6. The maximum atomic E-state index is 13.6. The molecular weight excluding hydrogens is 555 g/mol. The van der Waals surface area contributed by atoms with E-state index in [1.54, 1.807) is 47.4 Å². The Morgan fingerprint density at radius 2 is 1.62 bits per heavy atom. The summed E-state index contributed by atoms with van der Waals surface area (Å²) in [5.41, 5.74) is 1.56. The lowest BCUT2D eigenvalue weighted by Crippen LogP contribution is -2.39. The van der Waals surface area contributed by atoms with Crippen LogP contribution in [0.1, 0.15) is 34.7 Å². The van der Waals surface area contributed by atoms with Crippen molar-refractivity contribution in [2.45, 2.75) is 23.7 Å². The van der Waals surface area contributed by atoms with E-state index in [0.29, 0.717) is 34.6 Å². The molecule has 200 valence electrons. The fourth-order valence-electron chi connectivity index (χ4n) is 4.66. The van der Waals surface area contributed by atoms with Crippen LogP contribution in [0.2, 0.25) is 10.0 Å². The molecule has 0 bridgehead atoms. The fraction of sp³-hybridized carbons (Fsp3) is 0.167. The van der Waals surface area contributed by atoms with E-state index in [-0.39, 0.29) is 28.0 Å². The summed E-state index contributed by atoms with van der Waals surface area (Å²) in [7, 11) is -4.01. The number of anilines is 1. The van der Waals surface area contributed by atoms with Gasteiger partial charge in [-0.05, 0) is 73.0 Å². The van der Waals surface area contributed by atoms with Crippen LogP contribution in [0.25, 0.3) is 0 Å². The Hall–Kier alpha value is -3.52. The first-order chi connectivity index (χ1) is 18.8. The normalized spacial score (nSPS) is 15.5. The number of hydrogen-bond acceptors (Lipinski definition) is 4. The average Bonchev–Trinajstić information content (AvgIpc) is 2.95. The van der Waals surface area contributed by atoms with E-state index in [9.17, 15) is 13.2 Å². The lowest BCUT2D eigenvalue weighted by molar-refractivity contribution is 0.0708. The van der Waals surface area contributed by atoms with Crippen molar-refractivity contribution in [3.8, 4) is 11.5 Å². The summed E-state index contributed by atoms with van der Waals surface area (Å²) in [4.78, 5) is 15.4. The standard InChI is InChI=1S/C30H26Cl2N2O4S/c31-23-12-17-28(26(19-23)30(35)34-18-6-9-22(20-34)21-7-2-1-3-8-21)33-39(36,37)25-15-13-24(14-16-25)38-29-11-5-4-10-27(29)32/h1-5,7-8,10-17,19,22,33H,6,9,18,20H2/t22-/m0/s1. The predicted molar refractivity (Wildman–Crippen MR) is 155 cm³/mol. The van der Waals surface area contributed by atoms with E-state index in [0.717, 1.165) is 12.8 Å². The lowest BCUT2D eigenvalue weighted by atomic mass is 9.90. The van der Waals surface area contributed by atoms with E-state index < -0.39 is 10.0 Å². The number of hydrogen-bond donors (Lipinski definition) is 1. The molecule has 0 spiro atoms. The van der Waals surface area contributed by atoms with Gasteiger partial charge < -0.3 is 9.64 Å². The van der Waals surface area contributed by atoms with Crippen LogP contribution in [0.4, 0.5) is 5.69 Å². The Kier molecular flexibility index (Phi) is 8.12. The number of carbonyl (C=O) groups is 1. The smallest absolute Gasteiger partial charge is 0.261 e. The summed E-state index contributed by atoms with van der Waals surface area (Å²) >= 11 is 12.4. The molecule has 6 nitrogen and oxygen atoms in total. The summed E-state index contributed by atoms with van der Waals surface area (Å²) in [5, 5.41) is 0.790. The molecular formula is C30H26Cl2N2O4S. The molecule has 1 saturated heterocycles. The molecule has 4 aromatic rings. The third-order valence-electron chi connectivity index (χ3n) is 6.63. The average molecular weight is 582 g/mol. The Morgan fingerprint density at radius 3 is 2.36 bits per heavy atom. The van der Waals surface area contributed by atoms with E-state index in [1.807, 2.05) is 18.2 Å². The molecule has 1 amide bonds. The number of amides is 1. The number of nitrogens with zero attached hydrogens (tertiary/aromatic N) is 1. The number of benzene rings is 4. The highest BCUT2D eigenvalue weighted by atomic mass is 35.5. The van der Waals surface area contributed by atoms with Gasteiger partial charge in [0.2, 0.25) is 0 Å². The molecule has 0 unspecified atom stereocenters. The van der Waals surface area contributed by atoms with Crippen LogP contribution in [0.15, 0.2) is 102 Å². The largest absolute Gasteiger partial charge is 0.456 e. The summed E-state index contributed by atoms with van der Waals surface area (Å²) in [6.45, 7) is 1.14. The number of nitrogens with one attached hydrogen (secondary N) is 1. The second-order valence-electron chi connectivity index (χ2n) is 9.30. The molecule has 1 heterocycles. The highest BCUT2D eigenvalue weighted by Crippen LogP contribution is 2.32. The number of halogens is 2. The Labute approximate surface area is 238 Å². The zero-order chi connectivity index (χ0) is 27.4. The van der Waals surface area contributed by atoms with Crippen LogP contribution in [0, 0.1) is 0 Å². The van der Waals surface area contributed by atoms with Crippen molar-refractivity contribution in [2.24, 2.45) is 0 Å². The van der Waals surface area contributed by atoms with Crippen LogP contribution in [0.5, 0.6) is 11.5 Å². The van der Waals surface area contributed by atoms with Gasteiger partial charge in [0.15, 0.2) is 0 Å². The van der Waals surface area contributed by atoms with E-state index in [1.165, 1.54) is 29.8 Å². The maximum Gasteiger partial charge on any atom is 0.261 e. The van der Waals surface area contributed by atoms with Gasteiger partial charge in [-0.1, -0.05) is 65.7 Å². The summed E-state index contributed by atoms with van der Waals surface area (Å²) in [6, 6.07) is 27.6. The SMILES string of the molecule is O=C(c1cc(Cl)ccc1NS(=O)(=O)c1ccc(Oc2ccccc2Cl)cc1)N1CCC[C@H](c2ccccc2)C1. The Morgan fingerprint density at radius 1 is 0.897 bits per heavy atom. The molecule has 0 aliphatic carbocycles. The topological polar surface area (TPSA) is 75.7 Å². The molecule has 1 atom stereocenters. The zero-order valence-electron chi connectivity index (χ0n) is 20.9. The zero-order valence-corrected chi connectivity index (χ0v) is 23.2. The first-order valence-electron chi connectivity index (χ1n) is 12.5. The predicted octanol–water partition coefficient (Wildman–Crippen LogP) is 7.61. The Balaban J connectivity index is 1.34. The molecule has 1 aliphatic heterocycles. The molecule has 0 radical (unpaired) electrons. The van der Waals surface area contributed by atoms with Gasteiger partial charge in [0, 0.05) is 24.0 Å². The molecule has 1 aliphatic rings. The van der Waals surface area contributed by atoms with Gasteiger partial charge in [0.05, 0.1) is 21.2 Å². The van der Waals surface area contributed by atoms with E-state index >= 15 is 0 Å². The minimum Gasteiger partial charge on any atom is -0.456 e. The first-order valence-corrected chi connectivity index (χ1v) is 14.7. The van der Waals surface area contributed by atoms with Crippen molar-refractivity contribution in [3.63, 3.8) is 0 Å². The van der Waals surface area contributed by atoms with Crippen LogP contribution in [0.3, 0.4) is 0 Å². The van der Waals surface area contributed by atoms with Gasteiger partial charge in [-0.25, -0.2) is 8.42 Å². The second-order valence-corrected chi connectivity index (χ2v) is 11.8. The highest BCUT2D eigenvalue weighted by Gasteiger charge is 2.28. The van der Waals surface area contributed by atoms with Crippen LogP contribution in [-0.2, 0) is 10.0 Å². The summed E-state index contributed by atoms with van der Waals surface area (Å²) < 4.78 is 34.9. The van der Waals surface area contributed by atoms with Gasteiger partial charge >= 0.3 is 0 Å². The Bertz CT molecular complexity index is 1580. The molecule has 5 rings (SSSR count). The second kappa shape index (κ2) is 11.7. The fourth-order valence-corrected chi connectivity index (χ4v) is 6.08. The van der Waals surface area contributed by atoms with Crippen molar-refractivity contribution in [3.05, 3.63) is 118 Å². The van der Waals surface area contributed by atoms with Crippen molar-refractivity contribution >= 4 is 44.8 Å². The van der Waals surface area contributed by atoms with Gasteiger partial charge in [0.1, 0.15) is 11.5 Å². The third kappa shape index (κ3) is 6.38. The van der Waals surface area contributed by atoms with Gasteiger partial charge in [0.25, 0.3) is 15.9 Å². The number of piperidine rings is 1. The summed E-state index contributed by atoms with van der Waals surface area (Å²) in [5.74, 6) is 0.848. The van der Waals surface area contributed by atoms with Gasteiger partial charge in [-0.15, -0.1) is 0 Å². The van der Waals surface area contributed by atoms with Crippen molar-refractivity contribution in [2.75, 3.05) is 17.8 Å².